The van der Waals surface area contributed by atoms with Gasteiger partial charge in [0.15, 0.2) is 17.5 Å². The summed E-state index contributed by atoms with van der Waals surface area (Å²) in [5.74, 6) is -0.903. The van der Waals surface area contributed by atoms with Gasteiger partial charge in [0.2, 0.25) is 0 Å². The van der Waals surface area contributed by atoms with E-state index in [1.54, 1.807) is 4.90 Å². The number of hydrogen-bond acceptors (Lipinski definition) is 5. The van der Waals surface area contributed by atoms with Crippen molar-refractivity contribution >= 4 is 17.7 Å². The second kappa shape index (κ2) is 9.50. The highest BCUT2D eigenvalue weighted by Gasteiger charge is 2.32. The Hall–Kier alpha value is -2.71. The Balaban J connectivity index is 1.71. The maximum absolute atomic E-state index is 14.6. The molecule has 1 unspecified atom stereocenters. The molecule has 34 heavy (non-hydrogen) atoms. The first-order valence-corrected chi connectivity index (χ1v) is 11.8. The van der Waals surface area contributed by atoms with Gasteiger partial charge in [-0.25, -0.2) is 18.6 Å². The monoisotopic (exact) mass is 477 g/mol. The Morgan fingerprint density at radius 3 is 2.41 bits per heavy atom. The van der Waals surface area contributed by atoms with Crippen LogP contribution in [-0.4, -0.2) is 43.9 Å². The first kappa shape index (κ1) is 25.9. The molecule has 9 heteroatoms. The molecule has 0 spiro atoms. The van der Waals surface area contributed by atoms with Crippen molar-refractivity contribution in [2.24, 2.45) is 5.92 Å². The number of amides is 1. The zero-order chi connectivity index (χ0) is 25.4. The summed E-state index contributed by atoms with van der Waals surface area (Å²) in [5, 5.41) is 7.41. The number of piperidine rings is 1. The van der Waals surface area contributed by atoms with Gasteiger partial charge in [-0.3, -0.25) is 4.68 Å². The summed E-state index contributed by atoms with van der Waals surface area (Å²) < 4.78 is 36.5. The predicted molar refractivity (Wildman–Crippen MR) is 128 cm³/mol. The fourth-order valence-corrected chi connectivity index (χ4v) is 4.39. The highest BCUT2D eigenvalue weighted by Crippen LogP contribution is 2.29. The molecule has 2 aromatic heterocycles. The second-order valence-corrected chi connectivity index (χ2v) is 11.2. The van der Waals surface area contributed by atoms with Gasteiger partial charge in [0.1, 0.15) is 11.4 Å². The zero-order valence-corrected chi connectivity index (χ0v) is 21.5. The van der Waals surface area contributed by atoms with Crippen molar-refractivity contribution in [3.05, 3.63) is 35.2 Å². The first-order valence-electron chi connectivity index (χ1n) is 11.8. The Morgan fingerprint density at radius 2 is 1.85 bits per heavy atom. The predicted octanol–water partition coefficient (Wildman–Crippen LogP) is 5.94. The number of carbonyl (C=O) groups is 1. The number of carbonyl (C=O) groups excluding carboxylic acids is 1. The maximum atomic E-state index is 14.6. The summed E-state index contributed by atoms with van der Waals surface area (Å²) in [5.41, 5.74) is 0.344. The van der Waals surface area contributed by atoms with Crippen LogP contribution in [0.5, 0.6) is 0 Å². The molecule has 2 aromatic rings. The fraction of sp³-hybridized carbons (Fsp3) is 0.640. The van der Waals surface area contributed by atoms with E-state index in [4.69, 9.17) is 4.74 Å². The number of ether oxygens (including phenoxy) is 1. The normalized spacial score (nSPS) is 19.3. The minimum absolute atomic E-state index is 0.0426. The van der Waals surface area contributed by atoms with Crippen molar-refractivity contribution < 1.29 is 18.3 Å². The molecule has 0 bridgehead atoms. The number of pyridine rings is 1. The average Bonchev–Trinajstić information content (AvgIpc) is 3.05. The van der Waals surface area contributed by atoms with E-state index in [2.05, 4.69) is 15.4 Å². The molecule has 1 amide bonds. The van der Waals surface area contributed by atoms with E-state index < -0.39 is 17.2 Å². The van der Waals surface area contributed by atoms with Crippen LogP contribution >= 0.6 is 0 Å². The standard InChI is InChI=1S/C25H37F2N5O2/c1-15-11-17(9-10-31(15)23(33)34-25(6,7)8)13-20-18(26)14-19(27)22(28-20)29-21-12-16(2)32(30-21)24(3,4)5/h12,14-15,17H,9-11,13H2,1-8H3,(H,28,29,30)/t15-,17?/m1/s1. The summed E-state index contributed by atoms with van der Waals surface area (Å²) in [4.78, 5) is 18.5. The third kappa shape index (κ3) is 6.24. The number of halogens is 2. The van der Waals surface area contributed by atoms with Gasteiger partial charge in [0.05, 0.1) is 11.2 Å². The minimum atomic E-state index is -0.766. The van der Waals surface area contributed by atoms with Crippen LogP contribution < -0.4 is 5.32 Å². The van der Waals surface area contributed by atoms with Crippen LogP contribution in [0.2, 0.25) is 0 Å². The molecule has 0 aliphatic carbocycles. The Morgan fingerprint density at radius 1 is 1.18 bits per heavy atom. The molecule has 188 valence electrons. The lowest BCUT2D eigenvalue weighted by molar-refractivity contribution is 0.00710. The van der Waals surface area contributed by atoms with Crippen molar-refractivity contribution in [1.82, 2.24) is 19.7 Å². The lowest BCUT2D eigenvalue weighted by Gasteiger charge is -2.38. The van der Waals surface area contributed by atoms with Gasteiger partial charge in [0, 0.05) is 30.4 Å². The third-order valence-electron chi connectivity index (χ3n) is 5.87. The first-order chi connectivity index (χ1) is 15.6. The van der Waals surface area contributed by atoms with E-state index in [-0.39, 0.29) is 35.1 Å². The number of likely N-dealkylation sites (tertiary alicyclic amines) is 1. The van der Waals surface area contributed by atoms with E-state index >= 15 is 0 Å². The van der Waals surface area contributed by atoms with Crippen LogP contribution in [0.3, 0.4) is 0 Å². The molecule has 1 N–H and O–H groups in total. The fourth-order valence-electron chi connectivity index (χ4n) is 4.39. The van der Waals surface area contributed by atoms with Crippen molar-refractivity contribution in [2.45, 2.75) is 91.8 Å². The largest absolute Gasteiger partial charge is 0.444 e. The van der Waals surface area contributed by atoms with Crippen molar-refractivity contribution in [1.29, 1.82) is 0 Å². The maximum Gasteiger partial charge on any atom is 0.410 e. The number of aromatic nitrogens is 3. The lowest BCUT2D eigenvalue weighted by atomic mass is 9.88. The van der Waals surface area contributed by atoms with Crippen molar-refractivity contribution in [3.63, 3.8) is 0 Å². The summed E-state index contributed by atoms with van der Waals surface area (Å²) in [6.45, 7) is 16.0. The number of nitrogens with one attached hydrogen (secondary N) is 1. The number of rotatable bonds is 4. The zero-order valence-electron chi connectivity index (χ0n) is 21.5. The molecule has 3 heterocycles. The van der Waals surface area contributed by atoms with Crippen LogP contribution in [-0.2, 0) is 16.7 Å². The van der Waals surface area contributed by atoms with E-state index in [1.165, 1.54) is 0 Å². The molecule has 3 rings (SSSR count). The van der Waals surface area contributed by atoms with Gasteiger partial charge in [-0.2, -0.15) is 5.10 Å². The summed E-state index contributed by atoms with van der Waals surface area (Å²) >= 11 is 0. The topological polar surface area (TPSA) is 72.3 Å². The van der Waals surface area contributed by atoms with Gasteiger partial charge < -0.3 is 15.0 Å². The molecule has 1 aliphatic rings. The summed E-state index contributed by atoms with van der Waals surface area (Å²) in [6, 6.07) is 2.64. The number of hydrogen-bond donors (Lipinski definition) is 1. The lowest BCUT2D eigenvalue weighted by Crippen LogP contribution is -2.47. The number of aryl methyl sites for hydroxylation is 1. The summed E-state index contributed by atoms with van der Waals surface area (Å²) in [7, 11) is 0. The highest BCUT2D eigenvalue weighted by atomic mass is 19.1. The molecule has 0 saturated carbocycles. The van der Waals surface area contributed by atoms with E-state index in [0.29, 0.717) is 31.6 Å². The van der Waals surface area contributed by atoms with Gasteiger partial charge in [-0.15, -0.1) is 0 Å². The second-order valence-electron chi connectivity index (χ2n) is 11.2. The Labute approximate surface area is 200 Å². The smallest absolute Gasteiger partial charge is 0.410 e. The van der Waals surface area contributed by atoms with Crippen LogP contribution in [0.1, 0.15) is 72.7 Å². The molecule has 1 saturated heterocycles. The van der Waals surface area contributed by atoms with E-state index in [0.717, 1.165) is 11.8 Å². The molecule has 1 aliphatic heterocycles. The molecule has 2 atom stereocenters. The van der Waals surface area contributed by atoms with Crippen molar-refractivity contribution in [2.75, 3.05) is 11.9 Å². The van der Waals surface area contributed by atoms with Crippen LogP contribution in [0.15, 0.2) is 12.1 Å². The molecule has 0 radical (unpaired) electrons. The Kier molecular flexibility index (Phi) is 7.24. The minimum Gasteiger partial charge on any atom is -0.444 e. The van der Waals surface area contributed by atoms with Crippen molar-refractivity contribution in [3.8, 4) is 0 Å². The van der Waals surface area contributed by atoms with Crippen LogP contribution in [0.4, 0.5) is 25.2 Å². The van der Waals surface area contributed by atoms with Gasteiger partial charge >= 0.3 is 6.09 Å². The molecule has 0 aromatic carbocycles. The van der Waals surface area contributed by atoms with E-state index in [9.17, 15) is 13.6 Å². The van der Waals surface area contributed by atoms with E-state index in [1.807, 2.05) is 66.1 Å². The average molecular weight is 478 g/mol. The van der Waals surface area contributed by atoms with Gasteiger partial charge in [-0.1, -0.05) is 0 Å². The quantitative estimate of drug-likeness (QED) is 0.590. The van der Waals surface area contributed by atoms with Gasteiger partial charge in [-0.05, 0) is 80.6 Å². The molecule has 7 nitrogen and oxygen atoms in total. The number of nitrogens with zero attached hydrogens (tertiary/aromatic N) is 4. The number of anilines is 2. The molecular formula is C25H37F2N5O2. The molecule has 1 fully saturated rings. The van der Waals surface area contributed by atoms with Gasteiger partial charge in [0.25, 0.3) is 0 Å². The Bertz CT molecular complexity index is 1040. The third-order valence-corrected chi connectivity index (χ3v) is 5.87. The van der Waals surface area contributed by atoms with Crippen LogP contribution in [0, 0.1) is 24.5 Å². The SMILES string of the molecule is Cc1cc(Nc2nc(CC3CCN(C(=O)OC(C)(C)C)[C@H](C)C3)c(F)cc2F)nn1C(C)(C)C. The molecular weight excluding hydrogens is 440 g/mol. The summed E-state index contributed by atoms with van der Waals surface area (Å²) in [6.07, 6.45) is 1.42. The van der Waals surface area contributed by atoms with Crippen LogP contribution in [0.25, 0.3) is 0 Å². The highest BCUT2D eigenvalue weighted by molar-refractivity contribution is 5.68.